The van der Waals surface area contributed by atoms with Crippen LogP contribution >= 0.6 is 0 Å². The van der Waals surface area contributed by atoms with E-state index in [1.807, 2.05) is 0 Å². The molecule has 0 bridgehead atoms. The molecule has 0 aliphatic heterocycles. The van der Waals surface area contributed by atoms with Crippen LogP contribution in [0.15, 0.2) is 0 Å². The van der Waals surface area contributed by atoms with Gasteiger partial charge in [0.1, 0.15) is 11.8 Å². The smallest absolute Gasteiger partial charge is 0.320 e. The maximum atomic E-state index is 12.9. The van der Waals surface area contributed by atoms with Gasteiger partial charge in [0.25, 0.3) is 0 Å². The highest BCUT2D eigenvalue weighted by molar-refractivity contribution is 5.86. The molecule has 12 heteroatoms. The number of carboxylic acids is 3. The molecule has 0 aromatic rings. The van der Waals surface area contributed by atoms with Crippen molar-refractivity contribution in [3.05, 3.63) is 0 Å². The number of nitrogens with two attached hydrogens (primary N) is 1. The molecule has 2 amide bonds. The van der Waals surface area contributed by atoms with E-state index in [2.05, 4.69) is 10.6 Å². The van der Waals surface area contributed by atoms with E-state index in [1.165, 1.54) is 51.4 Å². The summed E-state index contributed by atoms with van der Waals surface area (Å²) in [7, 11) is 0. The minimum Gasteiger partial charge on any atom is -0.481 e. The first-order valence-electron chi connectivity index (χ1n) is 19.5. The zero-order chi connectivity index (χ0) is 37.0. The summed E-state index contributed by atoms with van der Waals surface area (Å²) in [6.45, 7) is 0.972. The van der Waals surface area contributed by atoms with E-state index in [4.69, 9.17) is 15.9 Å². The fourth-order valence-electron chi connectivity index (χ4n) is 6.67. The number of rotatable bonds is 32. The number of carboxylic acid groups (broad SMARTS) is 3. The lowest BCUT2D eigenvalue weighted by Crippen LogP contribution is -2.33. The van der Waals surface area contributed by atoms with E-state index >= 15 is 0 Å². The normalized spacial score (nSPS) is 17.1. The minimum atomic E-state index is -1.08. The van der Waals surface area contributed by atoms with Crippen LogP contribution < -0.4 is 16.4 Å². The van der Waals surface area contributed by atoms with E-state index < -0.39 is 29.9 Å². The average Bonchev–Trinajstić information content (AvgIpc) is 3.08. The summed E-state index contributed by atoms with van der Waals surface area (Å²) in [6.07, 6.45) is 21.4. The summed E-state index contributed by atoms with van der Waals surface area (Å²) >= 11 is 0. The van der Waals surface area contributed by atoms with E-state index in [-0.39, 0.29) is 49.2 Å². The lowest BCUT2D eigenvalue weighted by Gasteiger charge is -2.28. The molecule has 12 nitrogen and oxygen atoms in total. The Morgan fingerprint density at radius 2 is 1.06 bits per heavy atom. The van der Waals surface area contributed by atoms with Gasteiger partial charge in [0.05, 0.1) is 5.92 Å². The molecule has 0 aromatic heterocycles. The summed E-state index contributed by atoms with van der Waals surface area (Å²) in [4.78, 5) is 70.4. The van der Waals surface area contributed by atoms with Crippen molar-refractivity contribution in [2.45, 2.75) is 173 Å². The second kappa shape index (κ2) is 28.7. The third-order valence-corrected chi connectivity index (χ3v) is 10.0. The van der Waals surface area contributed by atoms with Crippen LogP contribution in [-0.4, -0.2) is 70.0 Å². The summed E-state index contributed by atoms with van der Waals surface area (Å²) in [5.74, 6) is -3.86. The number of nitrogens with one attached hydrogen (secondary N) is 2. The van der Waals surface area contributed by atoms with Crippen molar-refractivity contribution < 1.29 is 44.1 Å². The van der Waals surface area contributed by atoms with Gasteiger partial charge in [0.2, 0.25) is 11.8 Å². The van der Waals surface area contributed by atoms with Gasteiger partial charge in [-0.25, -0.2) is 0 Å². The molecule has 1 aliphatic rings. The number of Topliss-reactive ketones (excluding diaryl/α,β-unsaturated/α-hetero) is 1. The molecule has 0 heterocycles. The van der Waals surface area contributed by atoms with Crippen molar-refractivity contribution in [1.82, 2.24) is 10.6 Å². The van der Waals surface area contributed by atoms with Gasteiger partial charge in [-0.1, -0.05) is 77.0 Å². The second-order valence-corrected chi connectivity index (χ2v) is 14.4. The van der Waals surface area contributed by atoms with Crippen LogP contribution in [0.25, 0.3) is 0 Å². The molecule has 288 valence electrons. The summed E-state index contributed by atoms with van der Waals surface area (Å²) in [5.41, 5.74) is 5.45. The quantitative estimate of drug-likeness (QED) is 0.0424. The molecule has 1 saturated carbocycles. The predicted octanol–water partition coefficient (Wildman–Crippen LogP) is 6.37. The number of amides is 2. The van der Waals surface area contributed by atoms with Crippen molar-refractivity contribution in [2.75, 3.05) is 13.1 Å². The van der Waals surface area contributed by atoms with E-state index in [0.717, 1.165) is 51.4 Å². The Hall–Kier alpha value is -3.02. The Kier molecular flexibility index (Phi) is 25.8. The maximum absolute atomic E-state index is 12.9. The standard InChI is InChI=1S/C38H67N3O9/c39-32(38(49)50)17-15-16-26-40-35(44)25-24-31(37(47)48)27-33(42)30-22-20-29(21-23-30)28-41-34(43)18-13-11-9-7-5-3-1-2-4-6-8-10-12-14-19-36(45)46/h29-32H,1-28,39H2,(H,40,44)(H,41,43)(H,45,46)(H,47,48)(H,49,50)/t29?,30?,31-,32+/m1/s1. The van der Waals surface area contributed by atoms with Crippen molar-refractivity contribution in [1.29, 1.82) is 0 Å². The SMILES string of the molecule is N[C@@H](CCCCNC(=O)CC[C@H](CC(=O)C1CCC(CNC(=O)CCCCCCCCCCCCCCCCC(=O)O)CC1)C(=O)O)C(=O)O. The molecule has 1 fully saturated rings. The molecule has 0 spiro atoms. The molecule has 50 heavy (non-hydrogen) atoms. The summed E-state index contributed by atoms with van der Waals surface area (Å²) < 4.78 is 0. The van der Waals surface area contributed by atoms with Gasteiger partial charge in [0, 0.05) is 44.7 Å². The topological polar surface area (TPSA) is 213 Å². The first kappa shape index (κ1) is 45.0. The number of aliphatic carboxylic acids is 3. The van der Waals surface area contributed by atoms with Gasteiger partial charge in [-0.05, 0) is 70.1 Å². The molecule has 0 saturated heterocycles. The van der Waals surface area contributed by atoms with Crippen LogP contribution in [0.3, 0.4) is 0 Å². The van der Waals surface area contributed by atoms with Crippen LogP contribution in [0.1, 0.15) is 167 Å². The Labute approximate surface area is 299 Å². The molecule has 0 radical (unpaired) electrons. The van der Waals surface area contributed by atoms with Crippen molar-refractivity contribution >= 4 is 35.5 Å². The highest BCUT2D eigenvalue weighted by Gasteiger charge is 2.30. The first-order valence-corrected chi connectivity index (χ1v) is 19.5. The minimum absolute atomic E-state index is 0.00786. The number of unbranched alkanes of at least 4 members (excludes halogenated alkanes) is 14. The Morgan fingerprint density at radius 1 is 0.560 bits per heavy atom. The van der Waals surface area contributed by atoms with Gasteiger partial charge in [-0.3, -0.25) is 28.8 Å². The molecule has 0 unspecified atom stereocenters. The average molecular weight is 710 g/mol. The predicted molar refractivity (Wildman–Crippen MR) is 192 cm³/mol. The third-order valence-electron chi connectivity index (χ3n) is 10.0. The van der Waals surface area contributed by atoms with Gasteiger partial charge in [-0.2, -0.15) is 0 Å². The fourth-order valence-corrected chi connectivity index (χ4v) is 6.67. The summed E-state index contributed by atoms with van der Waals surface area (Å²) in [6, 6.07) is -0.920. The van der Waals surface area contributed by atoms with Crippen molar-refractivity contribution in [2.24, 2.45) is 23.5 Å². The Morgan fingerprint density at radius 3 is 1.56 bits per heavy atom. The van der Waals surface area contributed by atoms with E-state index in [0.29, 0.717) is 57.5 Å². The molecule has 0 aromatic carbocycles. The Bertz CT molecular complexity index is 998. The lowest BCUT2D eigenvalue weighted by atomic mass is 9.78. The highest BCUT2D eigenvalue weighted by atomic mass is 16.4. The lowest BCUT2D eigenvalue weighted by molar-refractivity contribution is -0.145. The van der Waals surface area contributed by atoms with Crippen molar-refractivity contribution in [3.8, 4) is 0 Å². The maximum Gasteiger partial charge on any atom is 0.320 e. The van der Waals surface area contributed by atoms with Gasteiger partial charge >= 0.3 is 17.9 Å². The van der Waals surface area contributed by atoms with Crippen LogP contribution in [-0.2, 0) is 28.8 Å². The number of hydrogen-bond acceptors (Lipinski definition) is 7. The third kappa shape index (κ3) is 24.2. The largest absolute Gasteiger partial charge is 0.481 e. The van der Waals surface area contributed by atoms with Gasteiger partial charge in [-0.15, -0.1) is 0 Å². The van der Waals surface area contributed by atoms with Crippen LogP contribution in [0.5, 0.6) is 0 Å². The number of ketones is 1. The highest BCUT2D eigenvalue weighted by Crippen LogP contribution is 2.31. The number of carbonyl (C=O) groups is 6. The van der Waals surface area contributed by atoms with Gasteiger partial charge < -0.3 is 31.7 Å². The molecule has 2 atom stereocenters. The van der Waals surface area contributed by atoms with Gasteiger partial charge in [0.15, 0.2) is 0 Å². The number of carbonyl (C=O) groups excluding carboxylic acids is 3. The molecular formula is C38H67N3O9. The molecular weight excluding hydrogens is 642 g/mol. The number of hydrogen-bond donors (Lipinski definition) is 6. The fraction of sp³-hybridized carbons (Fsp3) is 0.842. The van der Waals surface area contributed by atoms with E-state index in [1.54, 1.807) is 0 Å². The second-order valence-electron chi connectivity index (χ2n) is 14.4. The Balaban J connectivity index is 2.05. The first-order chi connectivity index (χ1) is 24.0. The zero-order valence-corrected chi connectivity index (χ0v) is 30.5. The van der Waals surface area contributed by atoms with Crippen LogP contribution in [0, 0.1) is 17.8 Å². The van der Waals surface area contributed by atoms with Crippen molar-refractivity contribution in [3.63, 3.8) is 0 Å². The molecule has 1 aliphatic carbocycles. The monoisotopic (exact) mass is 709 g/mol. The van der Waals surface area contributed by atoms with E-state index in [9.17, 15) is 33.9 Å². The van der Waals surface area contributed by atoms with Crippen LogP contribution in [0.2, 0.25) is 0 Å². The summed E-state index contributed by atoms with van der Waals surface area (Å²) in [5, 5.41) is 32.9. The molecule has 1 rings (SSSR count). The zero-order valence-electron chi connectivity index (χ0n) is 30.5. The molecule has 7 N–H and O–H groups in total. The van der Waals surface area contributed by atoms with Crippen LogP contribution in [0.4, 0.5) is 0 Å².